The molecule has 0 saturated carbocycles. The average molecular weight is 485 g/mol. The van der Waals surface area contributed by atoms with Gasteiger partial charge in [-0.15, -0.1) is 0 Å². The fraction of sp³-hybridized carbons (Fsp3) is 0.792. The lowest BCUT2D eigenvalue weighted by molar-refractivity contribution is -0.112. The van der Waals surface area contributed by atoms with E-state index >= 15 is 0 Å². The number of aldehydes is 1. The first-order valence-electron chi connectivity index (χ1n) is 12.2. The van der Waals surface area contributed by atoms with Gasteiger partial charge in [-0.1, -0.05) is 27.2 Å². The van der Waals surface area contributed by atoms with Gasteiger partial charge in [0.15, 0.2) is 0 Å². The summed E-state index contributed by atoms with van der Waals surface area (Å²) in [6, 6.07) is 0. The molecule has 2 saturated heterocycles. The molecule has 8 nitrogen and oxygen atoms in total. The highest BCUT2D eigenvalue weighted by Crippen LogP contribution is 2.28. The van der Waals surface area contributed by atoms with Crippen LogP contribution in [0.5, 0.6) is 0 Å². The third kappa shape index (κ3) is 10.2. The average Bonchev–Trinajstić information content (AvgIpc) is 2.83. The van der Waals surface area contributed by atoms with Crippen molar-refractivity contribution >= 4 is 23.1 Å². The molecule has 33 heavy (non-hydrogen) atoms. The van der Waals surface area contributed by atoms with Crippen LogP contribution in [-0.2, 0) is 26.9 Å². The first-order chi connectivity index (χ1) is 15.7. The molecule has 2 aliphatic heterocycles. The smallest absolute Gasteiger partial charge is 0.147 e. The van der Waals surface area contributed by atoms with Crippen LogP contribution in [0.2, 0.25) is 0 Å². The summed E-state index contributed by atoms with van der Waals surface area (Å²) in [6.07, 6.45) is 8.90. The van der Waals surface area contributed by atoms with Crippen molar-refractivity contribution in [2.75, 3.05) is 44.3 Å². The van der Waals surface area contributed by atoms with Crippen molar-refractivity contribution in [1.29, 1.82) is 0 Å². The lowest BCUT2D eigenvalue weighted by Crippen LogP contribution is -2.54. The van der Waals surface area contributed by atoms with Crippen molar-refractivity contribution in [3.63, 3.8) is 0 Å². The van der Waals surface area contributed by atoms with E-state index in [0.29, 0.717) is 39.1 Å². The highest BCUT2D eigenvalue weighted by molar-refractivity contribution is 7.84. The maximum Gasteiger partial charge on any atom is 0.147 e. The molecule has 3 rings (SSSR count). The molecule has 0 aliphatic carbocycles. The molecule has 0 spiro atoms. The molecule has 1 aromatic heterocycles. The van der Waals surface area contributed by atoms with Crippen LogP contribution in [0.4, 0.5) is 5.82 Å². The Labute approximate surface area is 202 Å². The molecule has 190 valence electrons. The number of aromatic nitrogens is 2. The fourth-order valence-corrected chi connectivity index (χ4v) is 5.00. The van der Waals surface area contributed by atoms with Crippen LogP contribution in [0, 0.1) is 0 Å². The number of rotatable bonds is 7. The van der Waals surface area contributed by atoms with Crippen LogP contribution >= 0.6 is 0 Å². The topological polar surface area (TPSA) is 95.9 Å². The molecule has 1 atom stereocenters. The van der Waals surface area contributed by atoms with Crippen LogP contribution in [0.3, 0.4) is 0 Å². The zero-order valence-electron chi connectivity index (χ0n) is 21.4. The van der Waals surface area contributed by atoms with Gasteiger partial charge in [-0.3, -0.25) is 4.98 Å². The molecular weight excluding hydrogens is 440 g/mol. The maximum atomic E-state index is 13.0. The van der Waals surface area contributed by atoms with Gasteiger partial charge in [-0.05, 0) is 46.5 Å². The minimum absolute atomic E-state index is 0.500. The number of unbranched alkanes of at least 4 members (excludes halogenated alkanes) is 1. The van der Waals surface area contributed by atoms with Crippen molar-refractivity contribution in [1.82, 2.24) is 14.3 Å². The molecule has 1 unspecified atom stereocenters. The van der Waals surface area contributed by atoms with Crippen molar-refractivity contribution in [2.24, 2.45) is 0 Å². The molecule has 3 heterocycles. The Hall–Kier alpha value is -1.42. The van der Waals surface area contributed by atoms with Gasteiger partial charge in [0.1, 0.15) is 27.8 Å². The van der Waals surface area contributed by atoms with Gasteiger partial charge in [-0.25, -0.2) is 13.5 Å². The SMILES string of the molecule is CC.CC(C)(C)O.CCCCc1cnc(N2CCN(S(=O)C3(C=O)CCOCC3)CC2)cn1. The van der Waals surface area contributed by atoms with Crippen LogP contribution in [-0.4, -0.2) is 79.6 Å². The number of carbonyl (C=O) groups is 1. The number of carbonyl (C=O) groups excluding carboxylic acids is 1. The van der Waals surface area contributed by atoms with E-state index in [4.69, 9.17) is 9.84 Å². The van der Waals surface area contributed by atoms with E-state index in [1.54, 1.807) is 20.8 Å². The van der Waals surface area contributed by atoms with Crippen LogP contribution in [0.15, 0.2) is 12.4 Å². The normalized spacial score (nSPS) is 19.4. The molecule has 1 aromatic rings. The van der Waals surface area contributed by atoms with Gasteiger partial charge in [0.05, 0.1) is 23.7 Å². The fourth-order valence-electron chi connectivity index (χ4n) is 3.39. The molecular formula is C24H44N4O4S. The Morgan fingerprint density at radius 1 is 1.12 bits per heavy atom. The zero-order chi connectivity index (χ0) is 24.9. The van der Waals surface area contributed by atoms with Crippen molar-refractivity contribution < 1.29 is 18.8 Å². The highest BCUT2D eigenvalue weighted by atomic mass is 32.2. The van der Waals surface area contributed by atoms with E-state index in [1.807, 2.05) is 30.5 Å². The van der Waals surface area contributed by atoms with E-state index in [2.05, 4.69) is 21.8 Å². The van der Waals surface area contributed by atoms with E-state index in [0.717, 1.165) is 50.1 Å². The largest absolute Gasteiger partial charge is 0.391 e. The van der Waals surface area contributed by atoms with Gasteiger partial charge in [0.2, 0.25) is 0 Å². The highest BCUT2D eigenvalue weighted by Gasteiger charge is 2.42. The summed E-state index contributed by atoms with van der Waals surface area (Å²) >= 11 is 0. The monoisotopic (exact) mass is 484 g/mol. The molecule has 2 aliphatic rings. The van der Waals surface area contributed by atoms with Crippen LogP contribution < -0.4 is 4.90 Å². The Morgan fingerprint density at radius 3 is 2.15 bits per heavy atom. The van der Waals surface area contributed by atoms with E-state index < -0.39 is 21.3 Å². The first kappa shape index (κ1) is 29.6. The number of hydrogen-bond acceptors (Lipinski definition) is 7. The Kier molecular flexibility index (Phi) is 13.2. The van der Waals surface area contributed by atoms with Crippen LogP contribution in [0.1, 0.15) is 72.9 Å². The number of aliphatic hydroxyl groups is 1. The second-order valence-electron chi connectivity index (χ2n) is 9.10. The number of ether oxygens (including phenoxy) is 1. The minimum atomic E-state index is -1.31. The first-order valence-corrected chi connectivity index (χ1v) is 13.3. The lowest BCUT2D eigenvalue weighted by Gasteiger charge is -2.40. The Bertz CT molecular complexity index is 689. The molecule has 0 radical (unpaired) electrons. The van der Waals surface area contributed by atoms with Crippen molar-refractivity contribution in [3.8, 4) is 0 Å². The van der Waals surface area contributed by atoms with E-state index in [1.165, 1.54) is 0 Å². The number of aryl methyl sites for hydroxylation is 1. The predicted octanol–water partition coefficient (Wildman–Crippen LogP) is 3.16. The standard InChI is InChI=1S/C18H28N4O3S.C4H10O.C2H6/c1-2-3-4-16-13-20-17(14-19-16)21-7-9-22(10-8-21)26(24)18(15-23)5-11-25-12-6-18;1-4(2,3)5;1-2/h13-15H,2-12H2,1H3;5H,1-3H3;1-2H3. The van der Waals surface area contributed by atoms with Crippen LogP contribution in [0.25, 0.3) is 0 Å². The minimum Gasteiger partial charge on any atom is -0.391 e. The third-order valence-corrected chi connectivity index (χ3v) is 7.21. The summed E-state index contributed by atoms with van der Waals surface area (Å²) in [5.41, 5.74) is 0.530. The van der Waals surface area contributed by atoms with E-state index in [9.17, 15) is 9.00 Å². The molecule has 0 amide bonds. The Balaban J connectivity index is 0.000000689. The summed E-state index contributed by atoms with van der Waals surface area (Å²) in [4.78, 5) is 22.9. The molecule has 1 N–H and O–H groups in total. The van der Waals surface area contributed by atoms with Gasteiger partial charge >= 0.3 is 0 Å². The quantitative estimate of drug-likeness (QED) is 0.594. The summed E-state index contributed by atoms with van der Waals surface area (Å²) in [6.45, 7) is 15.2. The summed E-state index contributed by atoms with van der Waals surface area (Å²) in [5, 5.41) is 8.52. The molecule has 0 aromatic carbocycles. The third-order valence-electron chi connectivity index (χ3n) is 5.18. The van der Waals surface area contributed by atoms with Gasteiger partial charge in [0, 0.05) is 39.4 Å². The second-order valence-corrected chi connectivity index (χ2v) is 10.9. The van der Waals surface area contributed by atoms with Gasteiger partial charge < -0.3 is 19.5 Å². The maximum absolute atomic E-state index is 13.0. The summed E-state index contributed by atoms with van der Waals surface area (Å²) < 4.78 is 19.5. The number of nitrogens with zero attached hydrogens (tertiary/aromatic N) is 4. The molecule has 9 heteroatoms. The number of piperazine rings is 1. The summed E-state index contributed by atoms with van der Waals surface area (Å²) in [5.74, 6) is 0.867. The lowest BCUT2D eigenvalue weighted by atomic mass is 10.0. The number of anilines is 1. The van der Waals surface area contributed by atoms with Gasteiger partial charge in [0.25, 0.3) is 0 Å². The number of hydrogen-bond donors (Lipinski definition) is 1. The van der Waals surface area contributed by atoms with Gasteiger partial charge in [-0.2, -0.15) is 0 Å². The second kappa shape index (κ2) is 14.8. The predicted molar refractivity (Wildman–Crippen MR) is 135 cm³/mol. The van der Waals surface area contributed by atoms with Crippen molar-refractivity contribution in [3.05, 3.63) is 18.1 Å². The molecule has 0 bridgehead atoms. The summed E-state index contributed by atoms with van der Waals surface area (Å²) in [7, 11) is -1.31. The Morgan fingerprint density at radius 2 is 1.70 bits per heavy atom. The van der Waals surface area contributed by atoms with Crippen molar-refractivity contribution in [2.45, 2.75) is 84.0 Å². The van der Waals surface area contributed by atoms with E-state index in [-0.39, 0.29) is 0 Å². The molecule has 2 fully saturated rings. The zero-order valence-corrected chi connectivity index (χ0v) is 22.2.